The zero-order valence-electron chi connectivity index (χ0n) is 12.2. The predicted octanol–water partition coefficient (Wildman–Crippen LogP) is 2.99. The molecule has 0 heterocycles. The molecular weight excluding hydrogens is 196 g/mol. The molecule has 0 radical (unpaired) electrons. The molecule has 0 aliphatic heterocycles. The third kappa shape index (κ3) is 7.24. The van der Waals surface area contributed by atoms with Crippen molar-refractivity contribution < 1.29 is 0 Å². The normalized spacial score (nSPS) is 15.8. The zero-order chi connectivity index (χ0) is 12.6. The predicted molar refractivity (Wildman–Crippen MR) is 73.9 cm³/mol. The molecule has 0 bridgehead atoms. The molecule has 2 atom stereocenters. The Morgan fingerprint density at radius 3 is 2.06 bits per heavy atom. The fraction of sp³-hybridized carbons (Fsp3) is 1.00. The first-order valence-electron chi connectivity index (χ1n) is 6.95. The Morgan fingerprint density at radius 2 is 1.62 bits per heavy atom. The summed E-state index contributed by atoms with van der Waals surface area (Å²) < 4.78 is 0. The second-order valence-electron chi connectivity index (χ2n) is 5.50. The van der Waals surface area contributed by atoms with Gasteiger partial charge in [-0.15, -0.1) is 0 Å². The van der Waals surface area contributed by atoms with Gasteiger partial charge in [0.2, 0.25) is 0 Å². The number of hydrogen-bond donors (Lipinski definition) is 1. The van der Waals surface area contributed by atoms with Gasteiger partial charge in [0.05, 0.1) is 0 Å². The number of rotatable bonds is 9. The van der Waals surface area contributed by atoms with Crippen molar-refractivity contribution in [2.24, 2.45) is 11.8 Å². The van der Waals surface area contributed by atoms with Crippen LogP contribution in [0.3, 0.4) is 0 Å². The van der Waals surface area contributed by atoms with Gasteiger partial charge in [0.15, 0.2) is 0 Å². The first-order chi connectivity index (χ1) is 7.51. The molecule has 0 fully saturated rings. The third-order valence-electron chi connectivity index (χ3n) is 3.21. The molecule has 0 aliphatic rings. The van der Waals surface area contributed by atoms with Crippen molar-refractivity contribution in [3.8, 4) is 0 Å². The Kier molecular flexibility index (Phi) is 8.96. The Morgan fingerprint density at radius 1 is 1.00 bits per heavy atom. The lowest BCUT2D eigenvalue weighted by Gasteiger charge is -2.30. The molecule has 2 unspecified atom stereocenters. The average molecular weight is 228 g/mol. The van der Waals surface area contributed by atoms with Crippen molar-refractivity contribution in [2.45, 2.75) is 54.0 Å². The van der Waals surface area contributed by atoms with Crippen LogP contribution in [0, 0.1) is 11.8 Å². The quantitative estimate of drug-likeness (QED) is 0.652. The Balaban J connectivity index is 3.78. The first kappa shape index (κ1) is 15.9. The van der Waals surface area contributed by atoms with E-state index >= 15 is 0 Å². The highest BCUT2D eigenvalue weighted by Gasteiger charge is 2.13. The summed E-state index contributed by atoms with van der Waals surface area (Å²) in [6.07, 6.45) is 1.25. The second-order valence-corrected chi connectivity index (χ2v) is 5.50. The monoisotopic (exact) mass is 228 g/mol. The van der Waals surface area contributed by atoms with Gasteiger partial charge in [-0.3, -0.25) is 0 Å². The summed E-state index contributed by atoms with van der Waals surface area (Å²) in [5.41, 5.74) is 0. The third-order valence-corrected chi connectivity index (χ3v) is 3.21. The van der Waals surface area contributed by atoms with Crippen molar-refractivity contribution in [3.05, 3.63) is 0 Å². The van der Waals surface area contributed by atoms with Crippen LogP contribution in [0.2, 0.25) is 0 Å². The van der Waals surface area contributed by atoms with Crippen molar-refractivity contribution in [3.63, 3.8) is 0 Å². The van der Waals surface area contributed by atoms with Crippen LogP contribution in [0.15, 0.2) is 0 Å². The van der Waals surface area contributed by atoms with Gasteiger partial charge in [0.1, 0.15) is 0 Å². The Labute approximate surface area is 103 Å². The molecule has 1 N–H and O–H groups in total. The van der Waals surface area contributed by atoms with Gasteiger partial charge in [0.25, 0.3) is 0 Å². The van der Waals surface area contributed by atoms with E-state index in [0.717, 1.165) is 31.0 Å². The van der Waals surface area contributed by atoms with Gasteiger partial charge in [-0.1, -0.05) is 34.6 Å². The van der Waals surface area contributed by atoms with Gasteiger partial charge in [0, 0.05) is 12.6 Å². The number of hydrogen-bond acceptors (Lipinski definition) is 2. The summed E-state index contributed by atoms with van der Waals surface area (Å²) in [5, 5.41) is 3.54. The summed E-state index contributed by atoms with van der Waals surface area (Å²) in [6, 6.07) is 0.720. The molecule has 0 spiro atoms. The molecule has 0 saturated carbocycles. The lowest BCUT2D eigenvalue weighted by atomic mass is 10.1. The molecule has 0 aromatic carbocycles. The number of nitrogens with zero attached hydrogens (tertiary/aromatic N) is 1. The maximum absolute atomic E-state index is 3.54. The molecule has 0 aliphatic carbocycles. The van der Waals surface area contributed by atoms with Crippen LogP contribution in [-0.2, 0) is 0 Å². The minimum Gasteiger partial charge on any atom is -0.316 e. The SMILES string of the molecule is CCC(C)N(CC)CC(C)CNCC(C)C. The fourth-order valence-electron chi connectivity index (χ4n) is 1.96. The number of nitrogens with one attached hydrogen (secondary N) is 1. The molecule has 0 rings (SSSR count). The highest BCUT2D eigenvalue weighted by Crippen LogP contribution is 2.07. The Bertz CT molecular complexity index is 157. The average Bonchev–Trinajstić information content (AvgIpc) is 2.24. The van der Waals surface area contributed by atoms with Crippen molar-refractivity contribution in [1.82, 2.24) is 10.2 Å². The molecule has 0 saturated heterocycles. The first-order valence-corrected chi connectivity index (χ1v) is 6.95. The Hall–Kier alpha value is -0.0800. The summed E-state index contributed by atoms with van der Waals surface area (Å²) in [6.45, 7) is 18.4. The van der Waals surface area contributed by atoms with Crippen LogP contribution in [-0.4, -0.2) is 37.1 Å². The van der Waals surface area contributed by atoms with E-state index in [1.54, 1.807) is 0 Å². The molecule has 0 aromatic heterocycles. The topological polar surface area (TPSA) is 15.3 Å². The van der Waals surface area contributed by atoms with Crippen LogP contribution in [0.4, 0.5) is 0 Å². The van der Waals surface area contributed by atoms with E-state index in [2.05, 4.69) is 51.8 Å². The van der Waals surface area contributed by atoms with Crippen LogP contribution >= 0.6 is 0 Å². The fourth-order valence-corrected chi connectivity index (χ4v) is 1.96. The van der Waals surface area contributed by atoms with E-state index in [4.69, 9.17) is 0 Å². The van der Waals surface area contributed by atoms with E-state index in [0.29, 0.717) is 0 Å². The maximum Gasteiger partial charge on any atom is 0.00643 e. The largest absolute Gasteiger partial charge is 0.316 e. The molecule has 98 valence electrons. The van der Waals surface area contributed by atoms with Crippen LogP contribution < -0.4 is 5.32 Å². The van der Waals surface area contributed by atoms with Gasteiger partial charge in [-0.2, -0.15) is 0 Å². The molecular formula is C14H32N2. The van der Waals surface area contributed by atoms with Crippen LogP contribution in [0.25, 0.3) is 0 Å². The standard InChI is InChI=1S/C14H32N2/c1-7-14(6)16(8-2)11-13(5)10-15-9-12(3)4/h12-15H,7-11H2,1-6H3. The van der Waals surface area contributed by atoms with E-state index in [1.807, 2.05) is 0 Å². The summed E-state index contributed by atoms with van der Waals surface area (Å²) in [5.74, 6) is 1.50. The van der Waals surface area contributed by atoms with E-state index in [9.17, 15) is 0 Å². The maximum atomic E-state index is 3.54. The highest BCUT2D eigenvalue weighted by atomic mass is 15.1. The van der Waals surface area contributed by atoms with Crippen molar-refractivity contribution in [1.29, 1.82) is 0 Å². The summed E-state index contributed by atoms with van der Waals surface area (Å²) >= 11 is 0. The molecule has 0 aromatic rings. The van der Waals surface area contributed by atoms with Crippen LogP contribution in [0.5, 0.6) is 0 Å². The molecule has 2 heteroatoms. The highest BCUT2D eigenvalue weighted by molar-refractivity contribution is 4.69. The lowest BCUT2D eigenvalue weighted by Crippen LogP contribution is -2.39. The van der Waals surface area contributed by atoms with Crippen molar-refractivity contribution >= 4 is 0 Å². The van der Waals surface area contributed by atoms with E-state index < -0.39 is 0 Å². The van der Waals surface area contributed by atoms with Gasteiger partial charge in [-0.25, -0.2) is 0 Å². The van der Waals surface area contributed by atoms with Crippen LogP contribution in [0.1, 0.15) is 48.0 Å². The van der Waals surface area contributed by atoms with E-state index in [-0.39, 0.29) is 0 Å². The molecule has 16 heavy (non-hydrogen) atoms. The molecule has 0 amide bonds. The zero-order valence-corrected chi connectivity index (χ0v) is 12.2. The minimum absolute atomic E-state index is 0.720. The smallest absolute Gasteiger partial charge is 0.00643 e. The van der Waals surface area contributed by atoms with Gasteiger partial charge in [-0.05, 0) is 44.8 Å². The van der Waals surface area contributed by atoms with Crippen molar-refractivity contribution in [2.75, 3.05) is 26.2 Å². The van der Waals surface area contributed by atoms with Gasteiger partial charge < -0.3 is 10.2 Å². The van der Waals surface area contributed by atoms with E-state index in [1.165, 1.54) is 19.5 Å². The molecule has 2 nitrogen and oxygen atoms in total. The van der Waals surface area contributed by atoms with Gasteiger partial charge >= 0.3 is 0 Å². The summed E-state index contributed by atoms with van der Waals surface area (Å²) in [4.78, 5) is 2.59. The summed E-state index contributed by atoms with van der Waals surface area (Å²) in [7, 11) is 0. The second kappa shape index (κ2) is 9.00. The lowest BCUT2D eigenvalue weighted by molar-refractivity contribution is 0.184. The minimum atomic E-state index is 0.720.